The molecule has 2 N–H and O–H groups in total. The lowest BCUT2D eigenvalue weighted by molar-refractivity contribution is 0.127. The van der Waals surface area contributed by atoms with Gasteiger partial charge in [-0.05, 0) is 46.3 Å². The van der Waals surface area contributed by atoms with E-state index in [1.54, 1.807) is 18.2 Å². The van der Waals surface area contributed by atoms with E-state index in [1.807, 2.05) is 0 Å². The lowest BCUT2D eigenvalue weighted by atomic mass is 10.2. The Labute approximate surface area is 175 Å². The highest BCUT2D eigenvalue weighted by Crippen LogP contribution is 2.39. The van der Waals surface area contributed by atoms with Crippen molar-refractivity contribution in [3.8, 4) is 11.5 Å². The van der Waals surface area contributed by atoms with E-state index in [0.717, 1.165) is 4.31 Å². The van der Waals surface area contributed by atoms with Crippen molar-refractivity contribution in [3.05, 3.63) is 53.1 Å². The first kappa shape index (κ1) is 20.8. The van der Waals surface area contributed by atoms with E-state index in [9.17, 15) is 13.2 Å². The van der Waals surface area contributed by atoms with Crippen molar-refractivity contribution in [2.75, 3.05) is 18.5 Å². The van der Waals surface area contributed by atoms with Gasteiger partial charge in [0.05, 0.1) is 23.7 Å². The third-order valence-electron chi connectivity index (χ3n) is 4.11. The summed E-state index contributed by atoms with van der Waals surface area (Å²) in [5.41, 5.74) is 1.89. The molecule has 9 nitrogen and oxygen atoms in total. The van der Waals surface area contributed by atoms with Crippen molar-refractivity contribution >= 4 is 48.6 Å². The molecular weight excluding hydrogens is 466 g/mol. The molecule has 0 unspecified atom stereocenters. The average molecular weight is 482 g/mol. The third kappa shape index (κ3) is 3.97. The van der Waals surface area contributed by atoms with Crippen LogP contribution in [0, 0.1) is 0 Å². The van der Waals surface area contributed by atoms with E-state index in [1.165, 1.54) is 50.1 Å². The molecule has 0 radical (unpaired) electrons. The molecule has 29 heavy (non-hydrogen) atoms. The first-order chi connectivity index (χ1) is 13.8. The molecule has 0 aliphatic heterocycles. The number of nitrogens with one attached hydrogen (secondary N) is 1. The summed E-state index contributed by atoms with van der Waals surface area (Å²) < 4.78 is 38.1. The molecule has 3 aromatic rings. The quantitative estimate of drug-likeness (QED) is 0.423. The van der Waals surface area contributed by atoms with E-state index < -0.39 is 16.1 Å². The van der Waals surface area contributed by atoms with Crippen LogP contribution in [0.25, 0.3) is 10.9 Å². The molecule has 3 rings (SSSR count). The van der Waals surface area contributed by atoms with Gasteiger partial charge in [-0.2, -0.15) is 0 Å². The molecule has 1 heterocycles. The molecule has 152 valence electrons. The van der Waals surface area contributed by atoms with Crippen molar-refractivity contribution in [1.82, 2.24) is 10.5 Å². The zero-order valence-corrected chi connectivity index (χ0v) is 17.7. The molecule has 0 saturated heterocycles. The summed E-state index contributed by atoms with van der Waals surface area (Å²) in [6, 6.07) is 11.0. The van der Waals surface area contributed by atoms with Gasteiger partial charge in [0.15, 0.2) is 5.75 Å². The molecule has 0 saturated carbocycles. The summed E-state index contributed by atoms with van der Waals surface area (Å²) in [4.78, 5) is 15.8. The number of hydroxylamine groups is 1. The number of amides is 1. The zero-order chi connectivity index (χ0) is 21.2. The van der Waals surface area contributed by atoms with Crippen molar-refractivity contribution in [2.24, 2.45) is 0 Å². The Hall–Kier alpha value is -2.89. The second kappa shape index (κ2) is 8.23. The van der Waals surface area contributed by atoms with E-state index in [4.69, 9.17) is 14.7 Å². The number of methoxy groups -OCH3 is 1. The number of aromatic nitrogens is 1. The maximum Gasteiger partial charge on any atom is 0.436 e. The van der Waals surface area contributed by atoms with Crippen LogP contribution in [-0.4, -0.2) is 38.9 Å². The van der Waals surface area contributed by atoms with Gasteiger partial charge in [0.1, 0.15) is 11.4 Å². The van der Waals surface area contributed by atoms with Gasteiger partial charge in [0.25, 0.3) is 10.0 Å². The number of benzene rings is 2. The van der Waals surface area contributed by atoms with Gasteiger partial charge in [-0.3, -0.25) is 14.5 Å². The van der Waals surface area contributed by atoms with E-state index in [0.29, 0.717) is 21.1 Å². The highest BCUT2D eigenvalue weighted by Gasteiger charge is 2.27. The first-order valence-corrected chi connectivity index (χ1v) is 10.3. The van der Waals surface area contributed by atoms with Gasteiger partial charge in [-0.1, -0.05) is 12.1 Å². The molecule has 0 aliphatic carbocycles. The van der Waals surface area contributed by atoms with Crippen molar-refractivity contribution in [3.63, 3.8) is 0 Å². The van der Waals surface area contributed by atoms with Crippen LogP contribution in [0.5, 0.6) is 11.5 Å². The van der Waals surface area contributed by atoms with Gasteiger partial charge in [-0.15, -0.1) is 0 Å². The molecule has 0 atom stereocenters. The summed E-state index contributed by atoms with van der Waals surface area (Å²) in [7, 11) is -1.21. The lowest BCUT2D eigenvalue weighted by Gasteiger charge is -2.23. The Kier molecular flexibility index (Phi) is 5.91. The fourth-order valence-corrected chi connectivity index (χ4v) is 4.40. The van der Waals surface area contributed by atoms with Crippen LogP contribution in [0.1, 0.15) is 0 Å². The summed E-state index contributed by atoms with van der Waals surface area (Å²) in [6.45, 7) is 0. The summed E-state index contributed by atoms with van der Waals surface area (Å²) in [5, 5.41) is 9.19. The van der Waals surface area contributed by atoms with Crippen LogP contribution in [-0.2, 0) is 10.0 Å². The van der Waals surface area contributed by atoms with Gasteiger partial charge in [-0.25, -0.2) is 18.7 Å². The van der Waals surface area contributed by atoms with Crippen LogP contribution in [0.3, 0.4) is 0 Å². The highest BCUT2D eigenvalue weighted by molar-refractivity contribution is 9.10. The maximum absolute atomic E-state index is 13.2. The topological polar surface area (TPSA) is 118 Å². The first-order valence-electron chi connectivity index (χ1n) is 8.11. The number of carbonyl (C=O) groups is 1. The Morgan fingerprint density at radius 1 is 1.21 bits per heavy atom. The molecule has 1 amide bonds. The molecule has 0 aliphatic rings. The minimum Gasteiger partial charge on any atom is -0.497 e. The minimum absolute atomic E-state index is 0.0123. The van der Waals surface area contributed by atoms with E-state index in [2.05, 4.69) is 20.9 Å². The fourth-order valence-electron chi connectivity index (χ4n) is 2.70. The van der Waals surface area contributed by atoms with Crippen LogP contribution in [0.4, 0.5) is 10.5 Å². The zero-order valence-electron chi connectivity index (χ0n) is 15.3. The molecular formula is C18H16BrN3O6S. The Morgan fingerprint density at radius 2 is 1.90 bits per heavy atom. The number of hydrogen-bond acceptors (Lipinski definition) is 7. The van der Waals surface area contributed by atoms with Crippen LogP contribution in [0.2, 0.25) is 0 Å². The maximum atomic E-state index is 13.2. The molecule has 0 bridgehead atoms. The predicted octanol–water partition coefficient (Wildman–Crippen LogP) is 3.31. The third-order valence-corrected chi connectivity index (χ3v) is 6.52. The lowest BCUT2D eigenvalue weighted by Crippen LogP contribution is -2.29. The molecule has 0 fully saturated rings. The number of hydrogen-bond donors (Lipinski definition) is 2. The van der Waals surface area contributed by atoms with Gasteiger partial charge in [0.2, 0.25) is 0 Å². The van der Waals surface area contributed by atoms with Gasteiger partial charge in [0, 0.05) is 16.9 Å². The smallest absolute Gasteiger partial charge is 0.436 e. The van der Waals surface area contributed by atoms with Crippen LogP contribution in [0.15, 0.2) is 58.0 Å². The Balaban J connectivity index is 2.20. The number of para-hydroxylation sites is 1. The minimum atomic E-state index is -4.03. The molecule has 1 aromatic heterocycles. The number of halogens is 1. The summed E-state index contributed by atoms with van der Waals surface area (Å²) in [5.74, 6) is 0.357. The Morgan fingerprint density at radius 3 is 2.52 bits per heavy atom. The molecule has 2 aromatic carbocycles. The molecule has 0 spiro atoms. The second-order valence-corrected chi connectivity index (χ2v) is 8.58. The predicted molar refractivity (Wildman–Crippen MR) is 109 cm³/mol. The van der Waals surface area contributed by atoms with Gasteiger partial charge < -0.3 is 9.47 Å². The number of pyridine rings is 1. The summed E-state index contributed by atoms with van der Waals surface area (Å²) >= 11 is 3.38. The van der Waals surface area contributed by atoms with Crippen molar-refractivity contribution in [1.29, 1.82) is 0 Å². The SMILES string of the molecule is COc1ccc(S(=O)(=O)N(C)c2c(OC(=O)NO)cnc3c(Br)cccc23)cc1. The number of ether oxygens (including phenoxy) is 2. The van der Waals surface area contributed by atoms with Crippen molar-refractivity contribution in [2.45, 2.75) is 4.90 Å². The number of sulfonamides is 1. The van der Waals surface area contributed by atoms with Crippen molar-refractivity contribution < 1.29 is 27.9 Å². The number of rotatable bonds is 5. The van der Waals surface area contributed by atoms with E-state index in [-0.39, 0.29) is 16.3 Å². The summed E-state index contributed by atoms with van der Waals surface area (Å²) in [6.07, 6.45) is 0.0233. The molecule has 11 heteroatoms. The second-order valence-electron chi connectivity index (χ2n) is 5.76. The largest absolute Gasteiger partial charge is 0.497 e. The van der Waals surface area contributed by atoms with E-state index >= 15 is 0 Å². The highest BCUT2D eigenvalue weighted by atomic mass is 79.9. The number of fused-ring (bicyclic) bond motifs is 1. The average Bonchev–Trinajstić information content (AvgIpc) is 2.73. The number of carbonyl (C=O) groups excluding carboxylic acids is 1. The monoisotopic (exact) mass is 481 g/mol. The Bertz CT molecular complexity index is 1170. The van der Waals surface area contributed by atoms with Gasteiger partial charge >= 0.3 is 6.09 Å². The number of anilines is 1. The fraction of sp³-hybridized carbons (Fsp3) is 0.111. The normalized spacial score (nSPS) is 11.2. The standard InChI is InChI=1S/C18H16BrN3O6S/c1-22(29(25,26)12-8-6-11(27-2)7-9-12)17-13-4-3-5-14(19)16(13)20-10-15(17)28-18(23)21-24/h3-10,24H,1-2H3,(H,21,23). The van der Waals surface area contributed by atoms with Crippen LogP contribution < -0.4 is 19.3 Å². The van der Waals surface area contributed by atoms with Crippen LogP contribution >= 0.6 is 15.9 Å². The number of nitrogens with zero attached hydrogens (tertiary/aromatic N) is 2.